The molecular formula is C62H43N3O2. The highest BCUT2D eigenvalue weighted by atomic mass is 16.3. The van der Waals surface area contributed by atoms with E-state index in [1.807, 2.05) is 6.07 Å². The Kier molecular flexibility index (Phi) is 8.30. The van der Waals surface area contributed by atoms with E-state index in [1.54, 1.807) is 0 Å². The van der Waals surface area contributed by atoms with Crippen molar-refractivity contribution < 1.29 is 8.83 Å². The van der Waals surface area contributed by atoms with Crippen molar-refractivity contribution in [2.75, 3.05) is 0 Å². The number of hydrogen-bond donors (Lipinski definition) is 0. The van der Waals surface area contributed by atoms with Gasteiger partial charge in [-0.3, -0.25) is 0 Å². The molecule has 318 valence electrons. The molecule has 0 N–H and O–H groups in total. The number of fused-ring (bicyclic) bond motifs is 12. The second-order valence-electron chi connectivity index (χ2n) is 18.5. The van der Waals surface area contributed by atoms with Crippen LogP contribution < -0.4 is 0 Å². The topological polar surface area (TPSA) is 55.9 Å². The molecule has 4 heterocycles. The molecule has 67 heavy (non-hydrogen) atoms. The highest BCUT2D eigenvalue weighted by Gasteiger charge is 2.32. The number of furan rings is 2. The lowest BCUT2D eigenvalue weighted by Crippen LogP contribution is -2.20. The van der Waals surface area contributed by atoms with E-state index in [0.717, 1.165) is 84.3 Å². The van der Waals surface area contributed by atoms with Gasteiger partial charge in [-0.25, -0.2) is 9.98 Å². The van der Waals surface area contributed by atoms with E-state index in [1.165, 1.54) is 48.7 Å². The van der Waals surface area contributed by atoms with Crippen LogP contribution in [0.5, 0.6) is 0 Å². The van der Waals surface area contributed by atoms with E-state index in [-0.39, 0.29) is 17.8 Å². The van der Waals surface area contributed by atoms with Crippen molar-refractivity contribution >= 4 is 105 Å². The van der Waals surface area contributed by atoms with Crippen LogP contribution in [0.3, 0.4) is 0 Å². The van der Waals surface area contributed by atoms with E-state index in [0.29, 0.717) is 5.84 Å². The predicted octanol–water partition coefficient (Wildman–Crippen LogP) is 16.5. The number of nitrogens with zero attached hydrogens (tertiary/aromatic N) is 3. The average molecular weight is 862 g/mol. The molecular weight excluding hydrogens is 819 g/mol. The molecule has 0 fully saturated rings. The predicted molar refractivity (Wildman–Crippen MR) is 279 cm³/mol. The molecule has 5 heteroatoms. The number of benzene rings is 9. The number of aliphatic imine (C=N–C) groups is 2. The summed E-state index contributed by atoms with van der Waals surface area (Å²) >= 11 is 0. The first-order valence-electron chi connectivity index (χ1n) is 23.4. The van der Waals surface area contributed by atoms with Gasteiger partial charge in [0.1, 0.15) is 16.9 Å². The van der Waals surface area contributed by atoms with Gasteiger partial charge in [0.15, 0.2) is 11.4 Å². The Labute approximate surface area is 386 Å². The second kappa shape index (κ2) is 14.6. The van der Waals surface area contributed by atoms with Crippen LogP contribution in [-0.2, 0) is 0 Å². The number of hydrogen-bond acceptors (Lipinski definition) is 4. The number of amidine groups is 1. The Hall–Kier alpha value is -8.28. The number of rotatable bonds is 4. The minimum Gasteiger partial charge on any atom is -0.456 e. The fraction of sp³-hybridized carbons (Fsp3) is 0.0968. The zero-order chi connectivity index (χ0) is 44.3. The van der Waals surface area contributed by atoms with Gasteiger partial charge in [0.25, 0.3) is 0 Å². The fourth-order valence-corrected chi connectivity index (χ4v) is 11.2. The van der Waals surface area contributed by atoms with E-state index < -0.39 is 0 Å². The molecule has 0 amide bonds. The van der Waals surface area contributed by atoms with Crippen LogP contribution in [0.4, 0.5) is 0 Å². The molecule has 1 aliphatic carbocycles. The second-order valence-corrected chi connectivity index (χ2v) is 18.5. The van der Waals surface area contributed by atoms with Crippen LogP contribution >= 0.6 is 0 Å². The Morgan fingerprint density at radius 1 is 0.537 bits per heavy atom. The summed E-state index contributed by atoms with van der Waals surface area (Å²) in [4.78, 5) is 11.5. The zero-order valence-electron chi connectivity index (χ0n) is 37.1. The van der Waals surface area contributed by atoms with Crippen molar-refractivity contribution in [1.29, 1.82) is 0 Å². The maximum Gasteiger partial charge on any atom is 0.160 e. The summed E-state index contributed by atoms with van der Waals surface area (Å²) in [6.07, 6.45) is 7.60. The van der Waals surface area contributed by atoms with Crippen molar-refractivity contribution in [3.63, 3.8) is 0 Å². The highest BCUT2D eigenvalue weighted by Crippen LogP contribution is 2.46. The van der Waals surface area contributed by atoms with Crippen molar-refractivity contribution in [1.82, 2.24) is 4.57 Å². The van der Waals surface area contributed by atoms with Crippen LogP contribution in [0.15, 0.2) is 213 Å². The van der Waals surface area contributed by atoms with Gasteiger partial charge in [-0.05, 0) is 111 Å². The summed E-state index contributed by atoms with van der Waals surface area (Å²) in [5, 5.41) is 12.8. The lowest BCUT2D eigenvalue weighted by molar-refractivity contribution is 0.552. The van der Waals surface area contributed by atoms with E-state index in [4.69, 9.17) is 18.8 Å². The summed E-state index contributed by atoms with van der Waals surface area (Å²) in [5.74, 6) is 1.84. The Morgan fingerprint density at radius 2 is 1.13 bits per heavy atom. The van der Waals surface area contributed by atoms with Crippen LogP contribution in [0.25, 0.3) is 98.8 Å². The van der Waals surface area contributed by atoms with Gasteiger partial charge in [-0.15, -0.1) is 0 Å². The van der Waals surface area contributed by atoms with Gasteiger partial charge in [-0.1, -0.05) is 147 Å². The molecule has 3 aromatic heterocycles. The maximum atomic E-state index is 7.12. The molecule has 2 aliphatic rings. The molecule has 5 nitrogen and oxygen atoms in total. The normalized spacial score (nSPS) is 18.5. The van der Waals surface area contributed by atoms with Gasteiger partial charge in [0.2, 0.25) is 0 Å². The summed E-state index contributed by atoms with van der Waals surface area (Å²) in [6.45, 7) is 4.61. The van der Waals surface area contributed by atoms with Gasteiger partial charge in [-0.2, -0.15) is 0 Å². The standard InChI is InChI=1S/C62H43N3O2/c1-36-23-28-51(45-27-30-57-58(37(45)2)46-19-9-11-21-55(46)66-57)63-62(64-60(36)44-25-24-38-13-3-4-14-39(38)31-44)48-26-29-52(61-59(48)47-20-10-12-22-56(47)67-61)65-53-34-42-17-7-5-15-40(42)32-49(53)50-33-41-16-6-8-18-43(41)35-54(50)65/h3-22,24-37,45H,23H2,1-2H3/b51-28+,63-62?,64-60?. The van der Waals surface area contributed by atoms with Gasteiger partial charge < -0.3 is 13.4 Å². The maximum absolute atomic E-state index is 7.12. The number of para-hydroxylation sites is 2. The number of allylic oxidation sites excluding steroid dienone is 2. The van der Waals surface area contributed by atoms with Crippen molar-refractivity contribution in [2.45, 2.75) is 26.2 Å². The van der Waals surface area contributed by atoms with Gasteiger partial charge >= 0.3 is 0 Å². The van der Waals surface area contributed by atoms with Gasteiger partial charge in [0, 0.05) is 55.6 Å². The molecule has 9 aromatic carbocycles. The molecule has 0 saturated carbocycles. The zero-order valence-corrected chi connectivity index (χ0v) is 37.1. The average Bonchev–Trinajstić information content (AvgIpc) is 4.04. The van der Waals surface area contributed by atoms with E-state index in [9.17, 15) is 0 Å². The Balaban J connectivity index is 1.04. The van der Waals surface area contributed by atoms with Crippen molar-refractivity contribution in [3.05, 3.63) is 216 Å². The SMILES string of the molecule is CC1C/C=C(\C2C=Cc3oc4ccccc4c3C2C)N=C(c2ccc(-n3c4cc5ccccc5cc4c4cc5ccccc5cc43)c3oc4ccccc4c23)N=C1c1ccc2ccccc2c1. The first-order valence-corrected chi connectivity index (χ1v) is 23.4. The summed E-state index contributed by atoms with van der Waals surface area (Å²) < 4.78 is 15.9. The van der Waals surface area contributed by atoms with E-state index >= 15 is 0 Å². The molecule has 3 atom stereocenters. The summed E-state index contributed by atoms with van der Waals surface area (Å²) in [5.41, 5.74) is 11.0. The minimum atomic E-state index is 0.00577. The third-order valence-corrected chi connectivity index (χ3v) is 14.6. The van der Waals surface area contributed by atoms with Crippen LogP contribution in [0.2, 0.25) is 0 Å². The molecule has 3 unspecified atom stereocenters. The molecule has 0 saturated heterocycles. The van der Waals surface area contributed by atoms with Crippen LogP contribution in [0, 0.1) is 11.8 Å². The minimum absolute atomic E-state index is 0.00577. The quantitative estimate of drug-likeness (QED) is 0.177. The third kappa shape index (κ3) is 5.87. The smallest absolute Gasteiger partial charge is 0.160 e. The van der Waals surface area contributed by atoms with Gasteiger partial charge in [0.05, 0.1) is 22.4 Å². The highest BCUT2D eigenvalue weighted by molar-refractivity contribution is 6.24. The summed E-state index contributed by atoms with van der Waals surface area (Å²) in [6, 6.07) is 63.2. The summed E-state index contributed by atoms with van der Waals surface area (Å²) in [7, 11) is 0. The largest absolute Gasteiger partial charge is 0.456 e. The molecule has 1 aliphatic heterocycles. The first-order chi connectivity index (χ1) is 33.0. The van der Waals surface area contributed by atoms with E-state index in [2.05, 4.69) is 207 Å². The lowest BCUT2D eigenvalue weighted by Gasteiger charge is -2.27. The lowest BCUT2D eigenvalue weighted by atomic mass is 9.79. The van der Waals surface area contributed by atoms with Crippen LogP contribution in [0.1, 0.15) is 48.6 Å². The Morgan fingerprint density at radius 3 is 1.84 bits per heavy atom. The third-order valence-electron chi connectivity index (χ3n) is 14.6. The molecule has 12 aromatic rings. The van der Waals surface area contributed by atoms with Crippen LogP contribution in [-0.4, -0.2) is 16.1 Å². The fourth-order valence-electron chi connectivity index (χ4n) is 11.2. The molecule has 0 bridgehead atoms. The number of aromatic nitrogens is 1. The first kappa shape index (κ1) is 38.0. The molecule has 0 radical (unpaired) electrons. The molecule has 14 rings (SSSR count). The van der Waals surface area contributed by atoms with Crippen molar-refractivity contribution in [3.8, 4) is 5.69 Å². The monoisotopic (exact) mass is 861 g/mol. The molecule has 0 spiro atoms. The van der Waals surface area contributed by atoms with Crippen molar-refractivity contribution in [2.24, 2.45) is 21.8 Å². The Bertz CT molecular complexity index is 4100.